The van der Waals surface area contributed by atoms with Gasteiger partial charge in [0.05, 0.1) is 5.69 Å². The molecule has 1 fully saturated rings. The second-order valence-electron chi connectivity index (χ2n) is 3.62. The molecule has 1 aliphatic heterocycles. The lowest BCUT2D eigenvalue weighted by atomic mass is 10.0. The zero-order chi connectivity index (χ0) is 9.26. The first kappa shape index (κ1) is 8.56. The Bertz CT molecular complexity index is 270. The molecular weight excluding hydrogens is 166 g/mol. The number of hydrogen-bond donors (Lipinski definition) is 1. The number of rotatable bonds is 2. The number of anilines is 1. The van der Waals surface area contributed by atoms with Gasteiger partial charge in [-0.3, -0.25) is 4.68 Å². The first-order valence-electron chi connectivity index (χ1n) is 4.62. The molecule has 0 saturated carbocycles. The predicted octanol–water partition coefficient (Wildman–Crippen LogP) is 0.581. The summed E-state index contributed by atoms with van der Waals surface area (Å²) in [7, 11) is 1.87. The van der Waals surface area contributed by atoms with E-state index in [0.29, 0.717) is 5.92 Å². The molecule has 1 aromatic heterocycles. The van der Waals surface area contributed by atoms with Crippen LogP contribution in [0.25, 0.3) is 0 Å². The Morgan fingerprint density at radius 1 is 1.77 bits per heavy atom. The fraction of sp³-hybridized carbons (Fsp3) is 0.667. The van der Waals surface area contributed by atoms with Crippen molar-refractivity contribution in [3.05, 3.63) is 11.8 Å². The molecule has 4 heteroatoms. The molecule has 0 aliphatic carbocycles. The minimum atomic E-state index is 0.634. The van der Waals surface area contributed by atoms with Gasteiger partial charge in [-0.05, 0) is 18.8 Å². The highest BCUT2D eigenvalue weighted by Gasteiger charge is 2.17. The van der Waals surface area contributed by atoms with Gasteiger partial charge in [0.1, 0.15) is 5.82 Å². The highest BCUT2D eigenvalue weighted by Crippen LogP contribution is 2.18. The van der Waals surface area contributed by atoms with Gasteiger partial charge in [-0.1, -0.05) is 0 Å². The maximum Gasteiger partial charge on any atom is 0.121 e. The summed E-state index contributed by atoms with van der Waals surface area (Å²) in [4.78, 5) is 0. The Kier molecular flexibility index (Phi) is 2.22. The topological polar surface area (TPSA) is 53.1 Å². The molecule has 0 radical (unpaired) electrons. The van der Waals surface area contributed by atoms with Gasteiger partial charge < -0.3 is 10.5 Å². The van der Waals surface area contributed by atoms with E-state index in [2.05, 4.69) is 5.10 Å². The first-order chi connectivity index (χ1) is 6.25. The number of nitrogen functional groups attached to an aromatic ring is 1. The molecule has 1 unspecified atom stereocenters. The van der Waals surface area contributed by atoms with E-state index in [1.54, 1.807) is 4.68 Å². The van der Waals surface area contributed by atoms with Crippen LogP contribution in [0.4, 0.5) is 5.82 Å². The molecule has 2 rings (SSSR count). The van der Waals surface area contributed by atoms with E-state index in [0.717, 1.165) is 37.6 Å². The molecule has 0 bridgehead atoms. The Morgan fingerprint density at radius 2 is 2.62 bits per heavy atom. The Hall–Kier alpha value is -1.03. The number of ether oxygens (including phenoxy) is 1. The van der Waals surface area contributed by atoms with Crippen molar-refractivity contribution in [2.75, 3.05) is 18.9 Å². The lowest BCUT2D eigenvalue weighted by Gasteiger charge is -2.02. The summed E-state index contributed by atoms with van der Waals surface area (Å²) in [6.45, 7) is 1.77. The van der Waals surface area contributed by atoms with E-state index in [1.165, 1.54) is 0 Å². The second-order valence-corrected chi connectivity index (χ2v) is 3.62. The first-order valence-corrected chi connectivity index (χ1v) is 4.62. The monoisotopic (exact) mass is 181 g/mol. The van der Waals surface area contributed by atoms with E-state index in [4.69, 9.17) is 10.5 Å². The lowest BCUT2D eigenvalue weighted by molar-refractivity contribution is 0.185. The Balaban J connectivity index is 2.00. The molecule has 1 saturated heterocycles. The van der Waals surface area contributed by atoms with Crippen LogP contribution in [0.1, 0.15) is 12.1 Å². The van der Waals surface area contributed by atoms with E-state index in [-0.39, 0.29) is 0 Å². The van der Waals surface area contributed by atoms with Crippen molar-refractivity contribution in [3.8, 4) is 0 Å². The van der Waals surface area contributed by atoms with Gasteiger partial charge in [0.2, 0.25) is 0 Å². The maximum absolute atomic E-state index is 5.68. The maximum atomic E-state index is 5.68. The molecule has 72 valence electrons. The van der Waals surface area contributed by atoms with E-state index >= 15 is 0 Å². The van der Waals surface area contributed by atoms with Gasteiger partial charge in [0.15, 0.2) is 0 Å². The van der Waals surface area contributed by atoms with E-state index in [1.807, 2.05) is 13.1 Å². The van der Waals surface area contributed by atoms with Gasteiger partial charge in [-0.25, -0.2) is 0 Å². The summed E-state index contributed by atoms with van der Waals surface area (Å²) < 4.78 is 7.01. The fourth-order valence-electron chi connectivity index (χ4n) is 1.68. The Labute approximate surface area is 77.7 Å². The van der Waals surface area contributed by atoms with Crippen molar-refractivity contribution in [1.82, 2.24) is 9.78 Å². The van der Waals surface area contributed by atoms with Gasteiger partial charge in [-0.15, -0.1) is 0 Å². The van der Waals surface area contributed by atoms with Crippen LogP contribution in [0.2, 0.25) is 0 Å². The minimum Gasteiger partial charge on any atom is -0.384 e. The molecule has 0 spiro atoms. The molecule has 2 N–H and O–H groups in total. The number of nitrogens with zero attached hydrogens (tertiary/aromatic N) is 2. The summed E-state index contributed by atoms with van der Waals surface area (Å²) in [5, 5.41) is 4.31. The van der Waals surface area contributed by atoms with Crippen LogP contribution in [0.5, 0.6) is 0 Å². The Morgan fingerprint density at radius 3 is 3.15 bits per heavy atom. The fourth-order valence-corrected chi connectivity index (χ4v) is 1.68. The van der Waals surface area contributed by atoms with Crippen LogP contribution < -0.4 is 5.73 Å². The van der Waals surface area contributed by atoms with Gasteiger partial charge in [0.25, 0.3) is 0 Å². The van der Waals surface area contributed by atoms with Gasteiger partial charge >= 0.3 is 0 Å². The van der Waals surface area contributed by atoms with Crippen molar-refractivity contribution in [1.29, 1.82) is 0 Å². The van der Waals surface area contributed by atoms with Crippen molar-refractivity contribution in [3.63, 3.8) is 0 Å². The van der Waals surface area contributed by atoms with E-state index in [9.17, 15) is 0 Å². The standard InChI is InChI=1S/C9H15N3O/c1-12-9(10)5-8(11-12)4-7-2-3-13-6-7/h5,7H,2-4,6,10H2,1H3. The number of aromatic nitrogens is 2. The van der Waals surface area contributed by atoms with Gasteiger partial charge in [-0.2, -0.15) is 5.10 Å². The SMILES string of the molecule is Cn1nc(CC2CCOC2)cc1N. The summed E-state index contributed by atoms with van der Waals surface area (Å²) in [6.07, 6.45) is 2.14. The quantitative estimate of drug-likeness (QED) is 0.726. The largest absolute Gasteiger partial charge is 0.384 e. The number of nitrogens with two attached hydrogens (primary N) is 1. The van der Waals surface area contributed by atoms with Crippen LogP contribution in [0, 0.1) is 5.92 Å². The average molecular weight is 181 g/mol. The van der Waals surface area contributed by atoms with Crippen LogP contribution in [0.3, 0.4) is 0 Å². The summed E-state index contributed by atoms with van der Waals surface area (Å²) >= 11 is 0. The molecule has 0 amide bonds. The summed E-state index contributed by atoms with van der Waals surface area (Å²) in [6, 6.07) is 1.94. The molecule has 4 nitrogen and oxygen atoms in total. The zero-order valence-electron chi connectivity index (χ0n) is 7.86. The van der Waals surface area contributed by atoms with Crippen molar-refractivity contribution in [2.24, 2.45) is 13.0 Å². The molecule has 0 aromatic carbocycles. The third-order valence-corrected chi connectivity index (χ3v) is 2.49. The third-order valence-electron chi connectivity index (χ3n) is 2.49. The van der Waals surface area contributed by atoms with Crippen LogP contribution in [-0.4, -0.2) is 23.0 Å². The number of aryl methyl sites for hydroxylation is 1. The van der Waals surface area contributed by atoms with Crippen LogP contribution in [0.15, 0.2) is 6.07 Å². The highest BCUT2D eigenvalue weighted by atomic mass is 16.5. The third kappa shape index (κ3) is 1.83. The molecule has 2 heterocycles. The summed E-state index contributed by atoms with van der Waals surface area (Å²) in [5.41, 5.74) is 6.76. The smallest absolute Gasteiger partial charge is 0.121 e. The van der Waals surface area contributed by atoms with Crippen molar-refractivity contribution >= 4 is 5.82 Å². The van der Waals surface area contributed by atoms with Crippen LogP contribution in [-0.2, 0) is 18.2 Å². The molecule has 1 aromatic rings. The van der Waals surface area contributed by atoms with Crippen molar-refractivity contribution in [2.45, 2.75) is 12.8 Å². The summed E-state index contributed by atoms with van der Waals surface area (Å²) in [5.74, 6) is 1.36. The molecular formula is C9H15N3O. The van der Waals surface area contributed by atoms with E-state index < -0.39 is 0 Å². The highest BCUT2D eigenvalue weighted by molar-refractivity contribution is 5.30. The average Bonchev–Trinajstić information content (AvgIpc) is 2.64. The lowest BCUT2D eigenvalue weighted by Crippen LogP contribution is -2.04. The van der Waals surface area contributed by atoms with Crippen LogP contribution >= 0.6 is 0 Å². The number of hydrogen-bond acceptors (Lipinski definition) is 3. The van der Waals surface area contributed by atoms with Gasteiger partial charge in [0, 0.05) is 26.3 Å². The minimum absolute atomic E-state index is 0.634. The molecule has 1 atom stereocenters. The second kappa shape index (κ2) is 3.38. The molecule has 13 heavy (non-hydrogen) atoms. The molecule has 1 aliphatic rings. The van der Waals surface area contributed by atoms with Crippen molar-refractivity contribution < 1.29 is 4.74 Å². The zero-order valence-corrected chi connectivity index (χ0v) is 7.86. The normalized spacial score (nSPS) is 22.4. The predicted molar refractivity (Wildman–Crippen MR) is 50.3 cm³/mol.